The quantitative estimate of drug-likeness (QED) is 0.758. The lowest BCUT2D eigenvalue weighted by Crippen LogP contribution is -2.43. The molecule has 2 amide bonds. The van der Waals surface area contributed by atoms with Crippen LogP contribution in [0, 0.1) is 11.6 Å². The predicted octanol–water partition coefficient (Wildman–Crippen LogP) is 3.29. The Hall–Kier alpha value is -2.03. The summed E-state index contributed by atoms with van der Waals surface area (Å²) in [6.45, 7) is 2.21. The van der Waals surface area contributed by atoms with E-state index in [9.17, 15) is 18.4 Å². The Kier molecular flexibility index (Phi) is 5.85. The fraction of sp³-hybridized carbons (Fsp3) is 0.600. The maximum atomic E-state index is 15.0. The summed E-state index contributed by atoms with van der Waals surface area (Å²) in [7, 11) is 0. The van der Waals surface area contributed by atoms with Gasteiger partial charge in [-0.3, -0.25) is 9.69 Å². The Balaban J connectivity index is 1.48. The third-order valence-electron chi connectivity index (χ3n) is 5.69. The molecule has 9 heteroatoms. The monoisotopic (exact) mass is 425 g/mol. The van der Waals surface area contributed by atoms with Crippen LogP contribution in [0.25, 0.3) is 0 Å². The molecule has 3 saturated heterocycles. The number of anilines is 2. The number of carbonyl (C=O) groups excluding carboxylic acids is 2. The lowest BCUT2D eigenvalue weighted by Gasteiger charge is -2.37. The molecule has 1 N–H and O–H groups in total. The zero-order valence-electron chi connectivity index (χ0n) is 16.3. The maximum absolute atomic E-state index is 15.0. The van der Waals surface area contributed by atoms with Gasteiger partial charge in [0, 0.05) is 42.1 Å². The van der Waals surface area contributed by atoms with Crippen LogP contribution in [-0.4, -0.2) is 54.8 Å². The summed E-state index contributed by atoms with van der Waals surface area (Å²) in [4.78, 5) is 26.9. The van der Waals surface area contributed by atoms with Crippen molar-refractivity contribution < 1.29 is 23.1 Å². The summed E-state index contributed by atoms with van der Waals surface area (Å²) in [5.41, 5.74) is 0.146. The van der Waals surface area contributed by atoms with Crippen LogP contribution in [0.5, 0.6) is 0 Å². The van der Waals surface area contributed by atoms with Crippen LogP contribution in [0.2, 0.25) is 0 Å². The number of amides is 2. The van der Waals surface area contributed by atoms with E-state index in [2.05, 4.69) is 5.32 Å². The number of fused-ring (bicyclic) bond motifs is 2. The van der Waals surface area contributed by atoms with Gasteiger partial charge < -0.3 is 15.0 Å². The number of rotatable bonds is 6. The van der Waals surface area contributed by atoms with Gasteiger partial charge in [0.15, 0.2) is 11.6 Å². The van der Waals surface area contributed by atoms with Crippen LogP contribution in [0.15, 0.2) is 12.1 Å². The molecule has 6 nitrogen and oxygen atoms in total. The number of nitrogens with zero attached hydrogens (tertiary/aromatic N) is 2. The molecule has 3 fully saturated rings. The second-order valence-electron chi connectivity index (χ2n) is 7.76. The van der Waals surface area contributed by atoms with Gasteiger partial charge >= 0.3 is 6.09 Å². The highest BCUT2D eigenvalue weighted by Crippen LogP contribution is 2.41. The molecule has 158 valence electrons. The van der Waals surface area contributed by atoms with Crippen molar-refractivity contribution in [1.29, 1.82) is 0 Å². The van der Waals surface area contributed by atoms with Crippen molar-refractivity contribution in [3.63, 3.8) is 0 Å². The number of carbonyl (C=O) groups is 2. The largest absolute Gasteiger partial charge is 0.442 e. The molecule has 4 rings (SSSR count). The SMILES string of the molecule is CCCC(=O)NC[C@H]1CN(c2cc(F)c(N3C4CCC3CSC4)c(F)c2)C(=O)O1. The number of hydrogen-bond donors (Lipinski definition) is 1. The average molecular weight is 426 g/mol. The number of thioether (sulfide) groups is 1. The van der Waals surface area contributed by atoms with Gasteiger partial charge in [0.05, 0.1) is 18.8 Å². The minimum absolute atomic E-state index is 0.0116. The molecule has 0 aliphatic carbocycles. The molecular weight excluding hydrogens is 400 g/mol. The predicted molar refractivity (Wildman–Crippen MR) is 109 cm³/mol. The van der Waals surface area contributed by atoms with Gasteiger partial charge in [-0.2, -0.15) is 11.8 Å². The van der Waals surface area contributed by atoms with Crippen LogP contribution < -0.4 is 15.1 Å². The van der Waals surface area contributed by atoms with Crippen molar-refractivity contribution in [2.45, 2.75) is 50.8 Å². The molecule has 0 radical (unpaired) electrons. The van der Waals surface area contributed by atoms with Gasteiger partial charge in [0.25, 0.3) is 0 Å². The van der Waals surface area contributed by atoms with Crippen molar-refractivity contribution in [2.75, 3.05) is 34.4 Å². The summed E-state index contributed by atoms with van der Waals surface area (Å²) in [5.74, 6) is 0.326. The molecule has 3 atom stereocenters. The number of ether oxygens (including phenoxy) is 1. The van der Waals surface area contributed by atoms with Gasteiger partial charge in [0.2, 0.25) is 5.91 Å². The summed E-state index contributed by atoms with van der Waals surface area (Å²) >= 11 is 1.83. The molecule has 1 aromatic rings. The standard InChI is InChI=1S/C20H25F2N3O3S/c1-2-3-18(26)23-8-15-9-24(20(27)28-15)14-6-16(21)19(17(22)7-14)25-12-4-5-13(25)11-29-10-12/h6-7,12-13,15H,2-5,8-11H2,1H3,(H,23,26)/t12?,13?,15-/m0/s1. The Morgan fingerprint density at radius 2 is 1.90 bits per heavy atom. The molecule has 2 bridgehead atoms. The van der Waals surface area contributed by atoms with E-state index >= 15 is 0 Å². The first-order valence-corrected chi connectivity index (χ1v) is 11.2. The highest BCUT2D eigenvalue weighted by Gasteiger charge is 2.40. The summed E-state index contributed by atoms with van der Waals surface area (Å²) in [6, 6.07) is 2.72. The van der Waals surface area contributed by atoms with Crippen molar-refractivity contribution in [3.8, 4) is 0 Å². The molecule has 29 heavy (non-hydrogen) atoms. The molecule has 3 heterocycles. The smallest absolute Gasteiger partial charge is 0.414 e. The van der Waals surface area contributed by atoms with Crippen LogP contribution >= 0.6 is 11.8 Å². The first kappa shape index (κ1) is 20.3. The van der Waals surface area contributed by atoms with Gasteiger partial charge in [-0.25, -0.2) is 13.6 Å². The van der Waals surface area contributed by atoms with E-state index in [0.29, 0.717) is 6.42 Å². The van der Waals surface area contributed by atoms with E-state index in [1.807, 2.05) is 23.6 Å². The molecule has 3 aliphatic rings. The van der Waals surface area contributed by atoms with Gasteiger partial charge in [-0.15, -0.1) is 0 Å². The van der Waals surface area contributed by atoms with E-state index in [1.165, 1.54) is 17.0 Å². The maximum Gasteiger partial charge on any atom is 0.414 e. The van der Waals surface area contributed by atoms with Gasteiger partial charge in [0.1, 0.15) is 11.8 Å². The Labute approximate surface area is 172 Å². The van der Waals surface area contributed by atoms with Crippen molar-refractivity contribution >= 4 is 35.1 Å². The van der Waals surface area contributed by atoms with Crippen molar-refractivity contribution in [2.24, 2.45) is 0 Å². The Morgan fingerprint density at radius 3 is 2.52 bits per heavy atom. The first-order chi connectivity index (χ1) is 14.0. The second-order valence-corrected chi connectivity index (χ2v) is 8.83. The molecule has 0 spiro atoms. The highest BCUT2D eigenvalue weighted by atomic mass is 32.2. The Bertz CT molecular complexity index is 770. The van der Waals surface area contributed by atoms with Crippen molar-refractivity contribution in [1.82, 2.24) is 5.32 Å². The van der Waals surface area contributed by atoms with Crippen molar-refractivity contribution in [3.05, 3.63) is 23.8 Å². The number of nitrogens with one attached hydrogen (secondary N) is 1. The zero-order valence-corrected chi connectivity index (χ0v) is 17.1. The zero-order chi connectivity index (χ0) is 20.5. The van der Waals surface area contributed by atoms with Gasteiger partial charge in [-0.05, 0) is 19.3 Å². The van der Waals surface area contributed by atoms with Gasteiger partial charge in [-0.1, -0.05) is 6.92 Å². The van der Waals surface area contributed by atoms with Crippen LogP contribution in [0.3, 0.4) is 0 Å². The van der Waals surface area contributed by atoms with Crippen LogP contribution in [-0.2, 0) is 9.53 Å². The number of hydrogen-bond acceptors (Lipinski definition) is 5. The van der Waals surface area contributed by atoms with E-state index in [4.69, 9.17) is 4.74 Å². The first-order valence-electron chi connectivity index (χ1n) is 10.1. The second kappa shape index (κ2) is 8.38. The molecule has 3 aliphatic heterocycles. The van der Waals surface area contributed by atoms with Crippen LogP contribution in [0.4, 0.5) is 25.0 Å². The van der Waals surface area contributed by atoms with E-state index in [1.54, 1.807) is 0 Å². The molecule has 2 unspecified atom stereocenters. The minimum atomic E-state index is -0.666. The van der Waals surface area contributed by atoms with E-state index < -0.39 is 23.8 Å². The fourth-order valence-corrected chi connectivity index (χ4v) is 5.66. The summed E-state index contributed by atoms with van der Waals surface area (Å²) in [6.07, 6.45) is 1.80. The third kappa shape index (κ3) is 4.01. The third-order valence-corrected chi connectivity index (χ3v) is 6.93. The molecular formula is C20H25F2N3O3S. The normalized spacial score (nSPS) is 26.0. The topological polar surface area (TPSA) is 61.9 Å². The minimum Gasteiger partial charge on any atom is -0.442 e. The lowest BCUT2D eigenvalue weighted by atomic mass is 10.1. The fourth-order valence-electron chi connectivity index (χ4n) is 4.33. The summed E-state index contributed by atoms with van der Waals surface area (Å²) in [5, 5.41) is 2.71. The molecule has 0 aromatic heterocycles. The molecule has 0 saturated carbocycles. The lowest BCUT2D eigenvalue weighted by molar-refractivity contribution is -0.121. The highest BCUT2D eigenvalue weighted by molar-refractivity contribution is 7.99. The number of benzene rings is 1. The summed E-state index contributed by atoms with van der Waals surface area (Å²) < 4.78 is 35.2. The average Bonchev–Trinajstić information content (AvgIpc) is 3.15. The van der Waals surface area contributed by atoms with E-state index in [-0.39, 0.29) is 42.5 Å². The molecule has 1 aromatic carbocycles. The number of cyclic esters (lactones) is 1. The van der Waals surface area contributed by atoms with E-state index in [0.717, 1.165) is 30.8 Å². The van der Waals surface area contributed by atoms with Crippen LogP contribution in [0.1, 0.15) is 32.6 Å². The Morgan fingerprint density at radius 1 is 1.24 bits per heavy atom. The number of halogens is 2.